The smallest absolute Gasteiger partial charge is 0.352 e. The number of oxime groups is 1. The van der Waals surface area contributed by atoms with E-state index in [2.05, 4.69) is 20.6 Å². The van der Waals surface area contributed by atoms with Crippen LogP contribution in [0.15, 0.2) is 43.5 Å². The van der Waals surface area contributed by atoms with Gasteiger partial charge in [-0.3, -0.25) is 29.2 Å². The number of anilines is 1. The highest BCUT2D eigenvalue weighted by molar-refractivity contribution is 8.00. The molecule has 8 N–H and O–H groups in total. The van der Waals surface area contributed by atoms with Crippen molar-refractivity contribution in [2.75, 3.05) is 31.9 Å². The van der Waals surface area contributed by atoms with Gasteiger partial charge in [0.25, 0.3) is 22.9 Å². The molecule has 2 saturated heterocycles. The van der Waals surface area contributed by atoms with Crippen molar-refractivity contribution in [3.8, 4) is 11.5 Å². The van der Waals surface area contributed by atoms with Gasteiger partial charge in [0.1, 0.15) is 29.4 Å². The van der Waals surface area contributed by atoms with E-state index in [1.807, 2.05) is 6.92 Å². The molecule has 0 bridgehead atoms. The van der Waals surface area contributed by atoms with Gasteiger partial charge in [0.2, 0.25) is 5.60 Å². The van der Waals surface area contributed by atoms with Crippen LogP contribution in [-0.2, 0) is 30.6 Å². The fourth-order valence-corrected chi connectivity index (χ4v) is 8.67. The van der Waals surface area contributed by atoms with Crippen LogP contribution in [-0.4, -0.2) is 122 Å². The van der Waals surface area contributed by atoms with Crippen LogP contribution in [0.2, 0.25) is 0 Å². The second-order valence-corrected chi connectivity index (χ2v) is 15.9. The minimum absolute atomic E-state index is 0.0139. The number of hydrogen-bond acceptors (Lipinski definition) is 14. The van der Waals surface area contributed by atoms with Gasteiger partial charge in [0.15, 0.2) is 22.3 Å². The number of H-pyrrole nitrogens is 1. The van der Waals surface area contributed by atoms with Crippen LogP contribution in [0.5, 0.6) is 11.5 Å². The maximum atomic E-state index is 13.6. The summed E-state index contributed by atoms with van der Waals surface area (Å²) in [6, 6.07) is 0.900. The number of nitrogen functional groups attached to an aromatic ring is 1. The molecule has 3 atom stereocenters. The average molecular weight is 774 g/mol. The quantitative estimate of drug-likeness (QED) is 0.0425. The number of carbonyl (C=O) groups excluding carboxylic acids is 2. The third-order valence-electron chi connectivity index (χ3n) is 9.66. The van der Waals surface area contributed by atoms with Crippen molar-refractivity contribution < 1.29 is 48.9 Å². The number of fused-ring (bicyclic) bond motifs is 2. The molecule has 0 unspecified atom stereocenters. The number of carbonyl (C=O) groups is 4. The van der Waals surface area contributed by atoms with Crippen molar-refractivity contribution in [2.45, 2.75) is 62.4 Å². The van der Waals surface area contributed by atoms with Crippen LogP contribution in [0.3, 0.4) is 0 Å². The molecule has 2 fully saturated rings. The number of phenols is 2. The van der Waals surface area contributed by atoms with Gasteiger partial charge in [-0.1, -0.05) is 5.16 Å². The molecule has 0 spiro atoms. The first-order valence-electron chi connectivity index (χ1n) is 16.4. The fraction of sp³-hybridized carbons (Fsp3) is 0.438. The number of aromatic hydroxyl groups is 2. The molecule has 1 aromatic carbocycles. The first-order chi connectivity index (χ1) is 24.9. The Hall–Kier alpha value is -5.41. The van der Waals surface area contributed by atoms with Gasteiger partial charge in [-0.05, 0) is 32.9 Å². The number of thiazole rings is 1. The van der Waals surface area contributed by atoms with E-state index in [-0.39, 0.29) is 40.4 Å². The normalized spacial score (nSPS) is 21.3. The number of nitrogens with two attached hydrogens (primary N) is 1. The standard InChI is InChI=1S/C32H36N8O11S2/c1-14-17(12-40(7-4-5-8-40)9-6-38-26(45)16-11-20(42)19(41)10-15(16)24(43)36-38)23(29(47)48)39-27(46)22(28(39)53-14)35-25(44)21(18-13-52-31(33)34-18)37-51-32(2,3)30(49)50/h10-11,13-14,22,28H,4-9,12H2,1-3H3,(H7-,33,34,35,36,37,41,42,43,44,45,47,48,49,50)/p+1/t14-,22+,28+/m0/s1. The fourth-order valence-electron chi connectivity index (χ4n) is 6.68. The summed E-state index contributed by atoms with van der Waals surface area (Å²) in [4.78, 5) is 87.9. The van der Waals surface area contributed by atoms with Gasteiger partial charge < -0.3 is 40.8 Å². The summed E-state index contributed by atoms with van der Waals surface area (Å²) in [6.45, 7) is 6.20. The van der Waals surface area contributed by atoms with Crippen LogP contribution < -0.4 is 22.2 Å². The van der Waals surface area contributed by atoms with Crippen LogP contribution in [0.25, 0.3) is 10.8 Å². The zero-order valence-corrected chi connectivity index (χ0v) is 30.3. The summed E-state index contributed by atoms with van der Waals surface area (Å²) in [5.41, 5.74) is 2.59. The summed E-state index contributed by atoms with van der Waals surface area (Å²) < 4.78 is 1.51. The zero-order valence-electron chi connectivity index (χ0n) is 28.7. The van der Waals surface area contributed by atoms with Gasteiger partial charge >= 0.3 is 11.9 Å². The van der Waals surface area contributed by atoms with E-state index >= 15 is 0 Å². The number of aromatic nitrogens is 3. The van der Waals surface area contributed by atoms with Crippen LogP contribution in [0.1, 0.15) is 39.3 Å². The van der Waals surface area contributed by atoms with E-state index in [0.29, 0.717) is 29.7 Å². The Labute approximate surface area is 307 Å². The van der Waals surface area contributed by atoms with E-state index in [1.54, 1.807) is 0 Å². The first kappa shape index (κ1) is 37.4. The minimum Gasteiger partial charge on any atom is -0.504 e. The number of rotatable bonds is 12. The Kier molecular flexibility index (Phi) is 9.77. The van der Waals surface area contributed by atoms with Crippen molar-refractivity contribution in [3.05, 3.63) is 55.2 Å². The maximum absolute atomic E-state index is 13.6. The number of aromatic amines is 1. The molecule has 282 valence electrons. The Morgan fingerprint density at radius 2 is 1.79 bits per heavy atom. The molecule has 3 aromatic rings. The van der Waals surface area contributed by atoms with Gasteiger partial charge in [-0.15, -0.1) is 23.1 Å². The van der Waals surface area contributed by atoms with E-state index in [0.717, 1.165) is 45.9 Å². The molecule has 2 amide bonds. The number of carboxylic acid groups (broad SMARTS) is 2. The lowest BCUT2D eigenvalue weighted by molar-refractivity contribution is -0.913. The van der Waals surface area contributed by atoms with Gasteiger partial charge in [0, 0.05) is 29.0 Å². The molecule has 21 heteroatoms. The predicted molar refractivity (Wildman–Crippen MR) is 191 cm³/mol. The Balaban J connectivity index is 1.24. The first-order valence-corrected chi connectivity index (χ1v) is 18.3. The number of thioether (sulfide) groups is 1. The number of hydrogen-bond donors (Lipinski definition) is 7. The SMILES string of the molecule is C[C@@H]1S[C@@H]2[C@H](NC(=O)/C(=N\OC(C)(C)C(=O)O)c3csc(N)n3)C(=O)N2C(C(=O)O)=C1C[N+]1(CCn2[nH]c(=O)c3cc(O)c(O)cc3c2=O)CCCC1. The lowest BCUT2D eigenvalue weighted by Gasteiger charge is -2.51. The molecule has 53 heavy (non-hydrogen) atoms. The topological polar surface area (TPSA) is 280 Å². The maximum Gasteiger partial charge on any atom is 0.352 e. The molecule has 0 aliphatic carbocycles. The molecule has 0 radical (unpaired) electrons. The molecule has 0 saturated carbocycles. The van der Waals surface area contributed by atoms with Crippen LogP contribution in [0, 0.1) is 0 Å². The highest BCUT2D eigenvalue weighted by Crippen LogP contribution is 2.45. The molecule has 6 rings (SSSR count). The van der Waals surface area contributed by atoms with Crippen LogP contribution >= 0.6 is 23.1 Å². The van der Waals surface area contributed by atoms with Gasteiger partial charge in [-0.2, -0.15) is 0 Å². The average Bonchev–Trinajstić information content (AvgIpc) is 3.75. The van der Waals surface area contributed by atoms with E-state index in [4.69, 9.17) is 10.6 Å². The number of carboxylic acids is 2. The number of quaternary nitrogens is 1. The molecular formula is C32H37N8O11S2+. The summed E-state index contributed by atoms with van der Waals surface area (Å²) in [6.07, 6.45) is 1.66. The molecule has 2 aromatic heterocycles. The van der Waals surface area contributed by atoms with Crippen molar-refractivity contribution in [1.29, 1.82) is 0 Å². The van der Waals surface area contributed by atoms with Crippen molar-refractivity contribution in [3.63, 3.8) is 0 Å². The largest absolute Gasteiger partial charge is 0.504 e. The number of β-lactam (4-membered cyclic amide) rings is 1. The van der Waals surface area contributed by atoms with Crippen LogP contribution in [0.4, 0.5) is 5.13 Å². The van der Waals surface area contributed by atoms with E-state index in [9.17, 15) is 49.2 Å². The Bertz CT molecular complexity index is 2220. The minimum atomic E-state index is -1.81. The second kappa shape index (κ2) is 13.9. The van der Waals surface area contributed by atoms with Gasteiger partial charge in [0.05, 0.1) is 37.0 Å². The van der Waals surface area contributed by atoms with E-state index < -0.39 is 74.3 Å². The number of phenolic OH excluding ortho intramolecular Hbond substituents is 2. The number of likely N-dealkylation sites (tertiary alicyclic amines) is 1. The number of nitrogens with zero attached hydrogens (tertiary/aromatic N) is 5. The lowest BCUT2D eigenvalue weighted by atomic mass is 9.99. The van der Waals surface area contributed by atoms with Gasteiger partial charge in [-0.25, -0.2) is 19.3 Å². The molecule has 19 nitrogen and oxygen atoms in total. The third kappa shape index (κ3) is 6.93. The molecule has 3 aliphatic rings. The number of nitrogens with one attached hydrogen (secondary N) is 2. The summed E-state index contributed by atoms with van der Waals surface area (Å²) >= 11 is 2.29. The predicted octanol–water partition coefficient (Wildman–Crippen LogP) is 0.162. The van der Waals surface area contributed by atoms with Crippen molar-refractivity contribution in [1.82, 2.24) is 25.0 Å². The van der Waals surface area contributed by atoms with E-state index in [1.165, 1.54) is 31.0 Å². The second-order valence-electron chi connectivity index (χ2n) is 13.6. The van der Waals surface area contributed by atoms with Crippen molar-refractivity contribution >= 4 is 68.5 Å². The number of aliphatic carboxylic acids is 2. The third-order valence-corrected chi connectivity index (χ3v) is 11.8. The monoisotopic (exact) mass is 773 g/mol. The highest BCUT2D eigenvalue weighted by Gasteiger charge is 2.57. The number of benzene rings is 1. The zero-order chi connectivity index (χ0) is 38.6. The lowest BCUT2D eigenvalue weighted by Crippen LogP contribution is -2.71. The van der Waals surface area contributed by atoms with Crippen molar-refractivity contribution in [2.24, 2.45) is 5.16 Å². The molecular weight excluding hydrogens is 737 g/mol. The molecule has 5 heterocycles. The number of amides is 2. The Morgan fingerprint density at radius 3 is 2.40 bits per heavy atom. The molecule has 3 aliphatic heterocycles. The summed E-state index contributed by atoms with van der Waals surface area (Å²) in [5.74, 6) is -5.34. The highest BCUT2D eigenvalue weighted by atomic mass is 32.2. The summed E-state index contributed by atoms with van der Waals surface area (Å²) in [7, 11) is 0. The summed E-state index contributed by atoms with van der Waals surface area (Å²) in [5, 5.41) is 48.7. The Morgan fingerprint density at radius 1 is 1.13 bits per heavy atom.